The van der Waals surface area contributed by atoms with Gasteiger partial charge in [0.05, 0.1) is 12.6 Å². The maximum absolute atomic E-state index is 13.1. The van der Waals surface area contributed by atoms with Crippen LogP contribution in [0.3, 0.4) is 0 Å². The summed E-state index contributed by atoms with van der Waals surface area (Å²) in [6.07, 6.45) is 4.19. The second kappa shape index (κ2) is 8.61. The molecule has 1 unspecified atom stereocenters. The van der Waals surface area contributed by atoms with Crippen LogP contribution in [0, 0.1) is 6.92 Å². The number of amides is 2. The van der Waals surface area contributed by atoms with Gasteiger partial charge in [0.25, 0.3) is 0 Å². The van der Waals surface area contributed by atoms with Crippen LogP contribution in [0.2, 0.25) is 0 Å². The number of carbonyl (C=O) groups excluding carboxylic acids is 1. The molecule has 0 saturated heterocycles. The summed E-state index contributed by atoms with van der Waals surface area (Å²) in [7, 11) is 1.64. The van der Waals surface area contributed by atoms with Crippen molar-refractivity contribution < 1.29 is 14.3 Å². The van der Waals surface area contributed by atoms with E-state index < -0.39 is 0 Å². The van der Waals surface area contributed by atoms with Crippen LogP contribution >= 0.6 is 0 Å². The molecule has 2 aromatic rings. The van der Waals surface area contributed by atoms with Gasteiger partial charge in [-0.3, -0.25) is 4.98 Å². The van der Waals surface area contributed by atoms with E-state index in [0.717, 1.165) is 22.4 Å². The number of methoxy groups -OCH3 is 1. The number of pyridine rings is 1. The number of urea groups is 1. The fourth-order valence-corrected chi connectivity index (χ4v) is 3.51. The topological polar surface area (TPSA) is 63.7 Å². The zero-order chi connectivity index (χ0) is 20.1. The molecule has 3 rings (SSSR count). The minimum absolute atomic E-state index is 0.103. The number of ether oxygens (including phenoxy) is 2. The summed E-state index contributed by atoms with van der Waals surface area (Å²) in [6.45, 7) is 7.65. The Morgan fingerprint density at radius 3 is 2.79 bits per heavy atom. The predicted molar refractivity (Wildman–Crippen MR) is 108 cm³/mol. The second-order valence-corrected chi connectivity index (χ2v) is 7.88. The zero-order valence-corrected chi connectivity index (χ0v) is 17.1. The highest BCUT2D eigenvalue weighted by Gasteiger charge is 2.35. The number of benzene rings is 1. The number of nitrogens with one attached hydrogen (secondary N) is 1. The maximum Gasteiger partial charge on any atom is 0.318 e. The van der Waals surface area contributed by atoms with Crippen molar-refractivity contribution in [1.29, 1.82) is 0 Å². The number of fused-ring (bicyclic) bond motifs is 1. The van der Waals surface area contributed by atoms with E-state index in [-0.39, 0.29) is 17.7 Å². The lowest BCUT2D eigenvalue weighted by atomic mass is 9.89. The lowest BCUT2D eigenvalue weighted by Gasteiger charge is -2.38. The van der Waals surface area contributed by atoms with Gasteiger partial charge < -0.3 is 19.7 Å². The summed E-state index contributed by atoms with van der Waals surface area (Å²) in [5.74, 6) is 0.838. The van der Waals surface area contributed by atoms with E-state index in [1.807, 2.05) is 31.2 Å². The third-order valence-corrected chi connectivity index (χ3v) is 4.90. The average molecular weight is 383 g/mol. The Balaban J connectivity index is 1.79. The van der Waals surface area contributed by atoms with E-state index in [9.17, 15) is 4.79 Å². The van der Waals surface area contributed by atoms with Gasteiger partial charge in [0, 0.05) is 44.6 Å². The minimum atomic E-state index is -0.345. The van der Waals surface area contributed by atoms with Gasteiger partial charge >= 0.3 is 6.03 Å². The Bertz CT molecular complexity index is 808. The van der Waals surface area contributed by atoms with Gasteiger partial charge in [-0.15, -0.1) is 0 Å². The van der Waals surface area contributed by atoms with Gasteiger partial charge in [-0.1, -0.05) is 17.7 Å². The molecule has 1 atom stereocenters. The van der Waals surface area contributed by atoms with E-state index in [2.05, 4.69) is 30.2 Å². The lowest BCUT2D eigenvalue weighted by molar-refractivity contribution is 0.0657. The first-order valence-electron chi connectivity index (χ1n) is 9.61. The molecule has 0 aliphatic carbocycles. The number of aromatic nitrogens is 1. The molecule has 1 aromatic heterocycles. The van der Waals surface area contributed by atoms with Gasteiger partial charge in [0.15, 0.2) is 0 Å². The van der Waals surface area contributed by atoms with Crippen molar-refractivity contribution in [3.63, 3.8) is 0 Å². The largest absolute Gasteiger partial charge is 0.487 e. The van der Waals surface area contributed by atoms with Crippen LogP contribution in [0.25, 0.3) is 0 Å². The fraction of sp³-hybridized carbons (Fsp3) is 0.455. The normalized spacial score (nSPS) is 17.4. The standard InChI is InChI=1S/C22H29N3O3/c1-16-5-6-20-18(13-16)19(14-22(2,3)28-20)24-21(26)25(11-12-27-4)15-17-7-9-23-10-8-17/h5-10,13,19H,11-12,14-15H2,1-4H3,(H,24,26). The molecule has 150 valence electrons. The van der Waals surface area contributed by atoms with E-state index in [4.69, 9.17) is 9.47 Å². The van der Waals surface area contributed by atoms with Crippen molar-refractivity contribution in [3.05, 3.63) is 59.4 Å². The fourth-order valence-electron chi connectivity index (χ4n) is 3.51. The Morgan fingerprint density at radius 1 is 1.32 bits per heavy atom. The number of nitrogens with zero attached hydrogens (tertiary/aromatic N) is 2. The summed E-state index contributed by atoms with van der Waals surface area (Å²) in [5, 5.41) is 3.22. The number of hydrogen-bond acceptors (Lipinski definition) is 4. The maximum atomic E-state index is 13.1. The van der Waals surface area contributed by atoms with Crippen LogP contribution in [-0.2, 0) is 11.3 Å². The van der Waals surface area contributed by atoms with Gasteiger partial charge in [-0.25, -0.2) is 4.79 Å². The summed E-state index contributed by atoms with van der Waals surface area (Å²) in [4.78, 5) is 18.9. The number of hydrogen-bond donors (Lipinski definition) is 1. The first kappa shape index (κ1) is 20.1. The van der Waals surface area contributed by atoms with Crippen molar-refractivity contribution in [2.45, 2.75) is 45.4 Å². The predicted octanol–water partition coefficient (Wildman–Crippen LogP) is 3.85. The summed E-state index contributed by atoms with van der Waals surface area (Å²) in [5.41, 5.74) is 2.87. The molecule has 0 fully saturated rings. The van der Waals surface area contributed by atoms with Gasteiger partial charge in [0.2, 0.25) is 0 Å². The smallest absolute Gasteiger partial charge is 0.318 e. The molecule has 0 radical (unpaired) electrons. The van der Waals surface area contributed by atoms with E-state index in [0.29, 0.717) is 26.1 Å². The quantitative estimate of drug-likeness (QED) is 0.823. The third-order valence-electron chi connectivity index (χ3n) is 4.90. The van der Waals surface area contributed by atoms with Gasteiger partial charge in [-0.05, 0) is 44.5 Å². The second-order valence-electron chi connectivity index (χ2n) is 7.88. The Morgan fingerprint density at radius 2 is 2.07 bits per heavy atom. The molecule has 1 aliphatic heterocycles. The Hall–Kier alpha value is -2.60. The average Bonchev–Trinajstić information content (AvgIpc) is 2.66. The van der Waals surface area contributed by atoms with E-state index in [1.165, 1.54) is 0 Å². The number of carbonyl (C=O) groups is 1. The summed E-state index contributed by atoms with van der Waals surface area (Å²) < 4.78 is 11.3. The first-order chi connectivity index (χ1) is 13.4. The van der Waals surface area contributed by atoms with Crippen LogP contribution in [-0.4, -0.2) is 41.8 Å². The van der Waals surface area contributed by atoms with E-state index in [1.54, 1.807) is 24.4 Å². The minimum Gasteiger partial charge on any atom is -0.487 e. The van der Waals surface area contributed by atoms with Gasteiger partial charge in [0.1, 0.15) is 11.4 Å². The molecule has 28 heavy (non-hydrogen) atoms. The highest BCUT2D eigenvalue weighted by molar-refractivity contribution is 5.75. The first-order valence-corrected chi connectivity index (χ1v) is 9.61. The van der Waals surface area contributed by atoms with Crippen molar-refractivity contribution in [1.82, 2.24) is 15.2 Å². The summed E-state index contributed by atoms with van der Waals surface area (Å²) >= 11 is 0. The highest BCUT2D eigenvalue weighted by atomic mass is 16.5. The van der Waals surface area contributed by atoms with Gasteiger partial charge in [-0.2, -0.15) is 0 Å². The van der Waals surface area contributed by atoms with E-state index >= 15 is 0 Å². The molecule has 2 amide bonds. The Labute approximate surface area is 166 Å². The highest BCUT2D eigenvalue weighted by Crippen LogP contribution is 2.39. The number of aryl methyl sites for hydroxylation is 1. The molecule has 1 aliphatic rings. The summed E-state index contributed by atoms with van der Waals surface area (Å²) in [6, 6.07) is 9.75. The monoisotopic (exact) mass is 383 g/mol. The molecule has 0 bridgehead atoms. The molecule has 0 saturated carbocycles. The SMILES string of the molecule is COCCN(Cc1ccncc1)C(=O)NC1CC(C)(C)Oc2ccc(C)cc21. The zero-order valence-electron chi connectivity index (χ0n) is 17.1. The Kier molecular flexibility index (Phi) is 6.19. The van der Waals surface area contributed by atoms with Crippen LogP contribution in [0.15, 0.2) is 42.7 Å². The van der Waals surface area contributed by atoms with Crippen LogP contribution in [0.5, 0.6) is 5.75 Å². The molecule has 6 nitrogen and oxygen atoms in total. The van der Waals surface area contributed by atoms with Crippen LogP contribution < -0.4 is 10.1 Å². The van der Waals surface area contributed by atoms with Crippen molar-refractivity contribution in [3.8, 4) is 5.75 Å². The molecular weight excluding hydrogens is 354 g/mol. The molecule has 1 aromatic carbocycles. The van der Waals surface area contributed by atoms with Crippen molar-refractivity contribution in [2.24, 2.45) is 0 Å². The van der Waals surface area contributed by atoms with Crippen LogP contribution in [0.1, 0.15) is 43.0 Å². The number of rotatable bonds is 6. The van der Waals surface area contributed by atoms with Crippen molar-refractivity contribution in [2.75, 3.05) is 20.3 Å². The third kappa shape index (κ3) is 5.01. The molecular formula is C22H29N3O3. The molecule has 1 N–H and O–H groups in total. The molecule has 6 heteroatoms. The molecule has 0 spiro atoms. The molecule has 2 heterocycles. The van der Waals surface area contributed by atoms with Crippen molar-refractivity contribution >= 4 is 6.03 Å². The lowest BCUT2D eigenvalue weighted by Crippen LogP contribution is -2.46. The van der Waals surface area contributed by atoms with Crippen LogP contribution in [0.4, 0.5) is 4.79 Å².